The monoisotopic (exact) mass is 563 g/mol. The van der Waals surface area contributed by atoms with Gasteiger partial charge < -0.3 is 14.4 Å². The fourth-order valence-corrected chi connectivity index (χ4v) is 6.18. The molecule has 3 aromatic rings. The summed E-state index contributed by atoms with van der Waals surface area (Å²) in [6.07, 6.45) is 1.70. The van der Waals surface area contributed by atoms with Crippen molar-refractivity contribution in [1.82, 2.24) is 4.90 Å². The number of carbonyl (C=O) groups is 1. The van der Waals surface area contributed by atoms with Crippen molar-refractivity contribution in [2.24, 2.45) is 0 Å². The predicted octanol–water partition coefficient (Wildman–Crippen LogP) is 6.19. The Morgan fingerprint density at radius 3 is 2.52 bits per heavy atom. The molecule has 0 aliphatic carbocycles. The molecule has 0 aromatic heterocycles. The highest BCUT2D eigenvalue weighted by molar-refractivity contribution is 7.92. The van der Waals surface area contributed by atoms with Crippen molar-refractivity contribution in [3.05, 3.63) is 71.3 Å². The Morgan fingerprint density at radius 2 is 1.82 bits per heavy atom. The van der Waals surface area contributed by atoms with Crippen LogP contribution in [0.4, 0.5) is 10.5 Å². The van der Waals surface area contributed by atoms with Crippen molar-refractivity contribution in [3.63, 3.8) is 0 Å². The van der Waals surface area contributed by atoms with Gasteiger partial charge in [0.25, 0.3) is 0 Å². The van der Waals surface area contributed by atoms with Gasteiger partial charge in [-0.25, -0.2) is 13.2 Å². The summed E-state index contributed by atoms with van der Waals surface area (Å²) in [5.41, 5.74) is 2.50. The third kappa shape index (κ3) is 6.68. The van der Waals surface area contributed by atoms with Gasteiger partial charge in [0, 0.05) is 20.0 Å². The summed E-state index contributed by atoms with van der Waals surface area (Å²) in [6, 6.07) is 18.8. The molecule has 0 spiro atoms. The Bertz CT molecular complexity index is 1540. The topological polar surface area (TPSA) is 99.9 Å². The van der Waals surface area contributed by atoms with Crippen molar-refractivity contribution in [1.29, 1.82) is 5.26 Å². The molecular formula is C31H37N3O5S. The van der Waals surface area contributed by atoms with Crippen LogP contribution in [0.5, 0.6) is 5.75 Å². The maximum Gasteiger partial charge on any atom is 0.410 e. The third-order valence-electron chi connectivity index (χ3n) is 6.89. The zero-order valence-corrected chi connectivity index (χ0v) is 24.6. The number of benzene rings is 3. The average Bonchev–Trinajstić information content (AvgIpc) is 3.31. The molecule has 1 atom stereocenters. The summed E-state index contributed by atoms with van der Waals surface area (Å²) in [5, 5.41) is 11.2. The van der Waals surface area contributed by atoms with Gasteiger partial charge in [-0.05, 0) is 98.8 Å². The molecular weight excluding hydrogens is 526 g/mol. The predicted molar refractivity (Wildman–Crippen MR) is 157 cm³/mol. The Morgan fingerprint density at radius 1 is 1.07 bits per heavy atom. The minimum atomic E-state index is -3.54. The van der Waals surface area contributed by atoms with E-state index in [1.54, 1.807) is 24.9 Å². The molecule has 1 aliphatic rings. The number of unbranched alkanes of at least 4 members (excludes halogenated alkanes) is 1. The molecule has 0 saturated heterocycles. The van der Waals surface area contributed by atoms with E-state index in [1.165, 1.54) is 4.31 Å². The van der Waals surface area contributed by atoms with Gasteiger partial charge in [0.2, 0.25) is 10.0 Å². The van der Waals surface area contributed by atoms with Crippen LogP contribution in [0.25, 0.3) is 10.8 Å². The summed E-state index contributed by atoms with van der Waals surface area (Å²) >= 11 is 0. The smallest absolute Gasteiger partial charge is 0.410 e. The van der Waals surface area contributed by atoms with Gasteiger partial charge in [0.1, 0.15) is 11.4 Å². The van der Waals surface area contributed by atoms with Crippen LogP contribution in [0.1, 0.15) is 63.3 Å². The average molecular weight is 564 g/mol. The lowest BCUT2D eigenvalue weighted by molar-refractivity contribution is 0.0294. The second-order valence-electron chi connectivity index (χ2n) is 11.1. The van der Waals surface area contributed by atoms with E-state index in [-0.39, 0.29) is 17.9 Å². The Labute approximate surface area is 237 Å². The molecule has 0 radical (unpaired) electrons. The van der Waals surface area contributed by atoms with Crippen LogP contribution in [0.15, 0.2) is 54.6 Å². The second-order valence-corrected chi connectivity index (χ2v) is 13.2. The summed E-state index contributed by atoms with van der Waals surface area (Å²) in [6.45, 7) is 8.23. The number of nitriles is 1. The summed E-state index contributed by atoms with van der Waals surface area (Å²) in [7, 11) is -1.82. The molecule has 9 heteroatoms. The van der Waals surface area contributed by atoms with Gasteiger partial charge in [-0.15, -0.1) is 0 Å². The third-order valence-corrected chi connectivity index (χ3v) is 8.67. The normalized spacial score (nSPS) is 15.0. The van der Waals surface area contributed by atoms with Gasteiger partial charge in [0.15, 0.2) is 0 Å². The molecule has 1 aliphatic heterocycles. The number of hydrogen-bond acceptors (Lipinski definition) is 6. The molecule has 0 saturated carbocycles. The summed E-state index contributed by atoms with van der Waals surface area (Å²) < 4.78 is 39.4. The molecule has 1 amide bonds. The van der Waals surface area contributed by atoms with Crippen LogP contribution >= 0.6 is 0 Å². The fourth-order valence-electron chi connectivity index (χ4n) is 4.84. The zero-order valence-electron chi connectivity index (χ0n) is 23.8. The van der Waals surface area contributed by atoms with Crippen LogP contribution in [0, 0.1) is 11.3 Å². The highest BCUT2D eigenvalue weighted by atomic mass is 32.2. The number of fused-ring (bicyclic) bond motifs is 2. The van der Waals surface area contributed by atoms with Crippen molar-refractivity contribution in [3.8, 4) is 11.8 Å². The number of nitrogens with zero attached hydrogens (tertiary/aromatic N) is 3. The van der Waals surface area contributed by atoms with Crippen LogP contribution in [0.3, 0.4) is 0 Å². The van der Waals surface area contributed by atoms with E-state index in [9.17, 15) is 18.5 Å². The molecule has 0 fully saturated rings. The van der Waals surface area contributed by atoms with Crippen LogP contribution < -0.4 is 9.04 Å². The quantitative estimate of drug-likeness (QED) is 0.288. The van der Waals surface area contributed by atoms with E-state index in [0.29, 0.717) is 36.6 Å². The van der Waals surface area contributed by atoms with Gasteiger partial charge in [0.05, 0.1) is 35.7 Å². The molecule has 1 heterocycles. The fraction of sp³-hybridized carbons (Fsp3) is 0.419. The number of sulfonamides is 1. The van der Waals surface area contributed by atoms with Gasteiger partial charge in [-0.1, -0.05) is 18.2 Å². The number of amides is 1. The van der Waals surface area contributed by atoms with E-state index in [0.717, 1.165) is 34.7 Å². The van der Waals surface area contributed by atoms with Gasteiger partial charge >= 0.3 is 6.09 Å². The lowest BCUT2D eigenvalue weighted by Gasteiger charge is -2.27. The number of rotatable bonds is 9. The standard InChI is InChI=1S/C31H37N3O5S/c1-6-40(36,37)34-28-14-13-27(38-16-8-7-15-33(5)30(35)39-31(2,3)4)19-26(28)20-29(34)24-12-11-23-10-9-22(21-32)17-25(23)18-24/h9-14,17-19,29H,6-8,15-16,20H2,1-5H3. The van der Waals surface area contributed by atoms with Crippen molar-refractivity contribution < 1.29 is 22.7 Å². The Kier molecular flexibility index (Phi) is 8.59. The van der Waals surface area contributed by atoms with E-state index < -0.39 is 15.6 Å². The van der Waals surface area contributed by atoms with Crippen molar-refractivity contribution in [2.75, 3.05) is 30.3 Å². The number of carbonyl (C=O) groups excluding carboxylic acids is 1. The molecule has 3 aromatic carbocycles. The van der Waals surface area contributed by atoms with Gasteiger partial charge in [-0.2, -0.15) is 5.26 Å². The number of ether oxygens (including phenoxy) is 2. The van der Waals surface area contributed by atoms with Crippen molar-refractivity contribution in [2.45, 2.75) is 58.6 Å². The lowest BCUT2D eigenvalue weighted by Crippen LogP contribution is -2.34. The first-order valence-corrected chi connectivity index (χ1v) is 15.2. The first-order chi connectivity index (χ1) is 18.9. The SMILES string of the molecule is CCS(=O)(=O)N1c2ccc(OCCCCN(C)C(=O)OC(C)(C)C)cc2CC1c1ccc2ccc(C#N)cc2c1. The van der Waals surface area contributed by atoms with E-state index in [4.69, 9.17) is 9.47 Å². The minimum absolute atomic E-state index is 0.00883. The van der Waals surface area contributed by atoms with Crippen LogP contribution in [-0.2, 0) is 21.2 Å². The molecule has 0 bridgehead atoms. The van der Waals surface area contributed by atoms with E-state index in [2.05, 4.69) is 6.07 Å². The van der Waals surface area contributed by atoms with Crippen LogP contribution in [-0.4, -0.2) is 51.0 Å². The lowest BCUT2D eigenvalue weighted by atomic mass is 9.98. The molecule has 212 valence electrons. The molecule has 0 N–H and O–H groups in total. The Hall–Kier alpha value is -3.77. The minimum Gasteiger partial charge on any atom is -0.494 e. The van der Waals surface area contributed by atoms with Crippen molar-refractivity contribution >= 4 is 32.6 Å². The highest BCUT2D eigenvalue weighted by Crippen LogP contribution is 2.44. The van der Waals surface area contributed by atoms with E-state index >= 15 is 0 Å². The summed E-state index contributed by atoms with van der Waals surface area (Å²) in [5.74, 6) is 0.677. The largest absolute Gasteiger partial charge is 0.494 e. The molecule has 1 unspecified atom stereocenters. The highest BCUT2D eigenvalue weighted by Gasteiger charge is 2.38. The molecule has 4 rings (SSSR count). The first kappa shape index (κ1) is 29.2. The Balaban J connectivity index is 1.45. The number of anilines is 1. The zero-order chi connectivity index (χ0) is 29.1. The number of hydrogen-bond donors (Lipinski definition) is 0. The maximum absolute atomic E-state index is 13.2. The molecule has 40 heavy (non-hydrogen) atoms. The van der Waals surface area contributed by atoms with Crippen LogP contribution in [0.2, 0.25) is 0 Å². The summed E-state index contributed by atoms with van der Waals surface area (Å²) in [4.78, 5) is 13.7. The second kappa shape index (κ2) is 11.8. The maximum atomic E-state index is 13.2. The van der Waals surface area contributed by atoms with E-state index in [1.807, 2.05) is 69.3 Å². The first-order valence-electron chi connectivity index (χ1n) is 13.6. The van der Waals surface area contributed by atoms with Gasteiger partial charge in [-0.3, -0.25) is 4.31 Å². The molecule has 8 nitrogen and oxygen atoms in total.